The summed E-state index contributed by atoms with van der Waals surface area (Å²) in [5.74, 6) is -0.581. The maximum absolute atomic E-state index is 14.1. The van der Waals surface area contributed by atoms with Gasteiger partial charge in [0.15, 0.2) is 11.6 Å². The number of nitrogens with one attached hydrogen (secondary N) is 1. The molecule has 198 valence electrons. The summed E-state index contributed by atoms with van der Waals surface area (Å²) in [5.41, 5.74) is 3.12. The Balaban J connectivity index is 1.88. The van der Waals surface area contributed by atoms with Gasteiger partial charge in [-0.3, -0.25) is 14.2 Å². The van der Waals surface area contributed by atoms with Crippen molar-refractivity contribution in [3.05, 3.63) is 82.4 Å². The van der Waals surface area contributed by atoms with Gasteiger partial charge in [0.2, 0.25) is 5.91 Å². The third kappa shape index (κ3) is 6.08. The van der Waals surface area contributed by atoms with Crippen molar-refractivity contribution in [2.75, 3.05) is 21.2 Å². The van der Waals surface area contributed by atoms with E-state index in [-0.39, 0.29) is 29.6 Å². The lowest BCUT2D eigenvalue weighted by atomic mass is 10.0. The number of rotatable bonds is 7. The highest BCUT2D eigenvalue weighted by Crippen LogP contribution is 2.28. The Morgan fingerprint density at radius 1 is 1.03 bits per heavy atom. The number of amides is 1. The second kappa shape index (κ2) is 10.8. The molecule has 0 aliphatic heterocycles. The van der Waals surface area contributed by atoms with Crippen molar-refractivity contribution in [3.8, 4) is 28.3 Å². The topological polar surface area (TPSA) is 76.5 Å². The van der Waals surface area contributed by atoms with E-state index in [1.54, 1.807) is 6.07 Å². The van der Waals surface area contributed by atoms with Crippen molar-refractivity contribution >= 4 is 16.8 Å². The fourth-order valence-corrected chi connectivity index (χ4v) is 4.38. The van der Waals surface area contributed by atoms with Crippen LogP contribution in [-0.2, 0) is 17.9 Å². The fraction of sp³-hybridized carbons (Fsp3) is 0.300. The van der Waals surface area contributed by atoms with E-state index in [1.165, 1.54) is 29.9 Å². The molecule has 0 fully saturated rings. The summed E-state index contributed by atoms with van der Waals surface area (Å²) in [5, 5.41) is 3.29. The second-order valence-corrected chi connectivity index (χ2v) is 10.6. The van der Waals surface area contributed by atoms with E-state index < -0.39 is 11.4 Å². The smallest absolute Gasteiger partial charge is 0.262 e. The Morgan fingerprint density at radius 3 is 2.42 bits per heavy atom. The number of aromatic nitrogens is 2. The van der Waals surface area contributed by atoms with Gasteiger partial charge < -0.3 is 15.0 Å². The first kappa shape index (κ1) is 27.0. The van der Waals surface area contributed by atoms with Crippen LogP contribution < -0.4 is 15.6 Å². The van der Waals surface area contributed by atoms with E-state index in [4.69, 9.17) is 9.72 Å². The van der Waals surface area contributed by atoms with Crippen molar-refractivity contribution < 1.29 is 13.9 Å². The van der Waals surface area contributed by atoms with Crippen LogP contribution in [0.4, 0.5) is 4.39 Å². The molecule has 1 heterocycles. The van der Waals surface area contributed by atoms with E-state index in [0.29, 0.717) is 16.5 Å². The largest absolute Gasteiger partial charge is 0.494 e. The predicted molar refractivity (Wildman–Crippen MR) is 149 cm³/mol. The lowest BCUT2D eigenvalue weighted by Crippen LogP contribution is -2.43. The van der Waals surface area contributed by atoms with E-state index in [9.17, 15) is 14.0 Å². The Bertz CT molecular complexity index is 1550. The molecule has 0 saturated carbocycles. The Morgan fingerprint density at radius 2 is 1.74 bits per heavy atom. The van der Waals surface area contributed by atoms with E-state index in [1.807, 2.05) is 59.1 Å². The first-order chi connectivity index (χ1) is 17.9. The van der Waals surface area contributed by atoms with Crippen LogP contribution in [0, 0.1) is 5.82 Å². The van der Waals surface area contributed by atoms with Crippen molar-refractivity contribution in [3.63, 3.8) is 0 Å². The standard InChI is InChI=1S/C30H33FN4O3/c1-30(2,3)33-27(36)18-35-28(22-10-12-24(31)26(16-22)38-6)32-25-13-11-21(15-23(25)29(35)37)20-9-7-8-19(14-20)17-34(4)5/h7-16H,17-18H2,1-6H3,(H,33,36). The minimum absolute atomic E-state index is 0.0236. The number of hydrogen-bond acceptors (Lipinski definition) is 5. The van der Waals surface area contributed by atoms with Crippen LogP contribution >= 0.6 is 0 Å². The zero-order chi connectivity index (χ0) is 27.6. The highest BCUT2D eigenvalue weighted by molar-refractivity contribution is 5.86. The Labute approximate surface area is 221 Å². The van der Waals surface area contributed by atoms with Crippen LogP contribution in [0.15, 0.2) is 65.5 Å². The maximum Gasteiger partial charge on any atom is 0.262 e. The maximum atomic E-state index is 14.1. The number of hydrogen-bond donors (Lipinski definition) is 1. The van der Waals surface area contributed by atoms with Gasteiger partial charge in [0.05, 0.1) is 18.0 Å². The molecule has 38 heavy (non-hydrogen) atoms. The number of benzene rings is 3. The van der Waals surface area contributed by atoms with Crippen molar-refractivity contribution in [1.82, 2.24) is 19.8 Å². The molecule has 4 aromatic rings. The molecule has 0 aliphatic carbocycles. The van der Waals surface area contributed by atoms with Gasteiger partial charge in [-0.05, 0) is 88.0 Å². The van der Waals surface area contributed by atoms with Crippen LogP contribution in [0.2, 0.25) is 0 Å². The van der Waals surface area contributed by atoms with E-state index in [0.717, 1.165) is 23.2 Å². The molecule has 0 unspecified atom stereocenters. The normalized spacial score (nSPS) is 11.7. The van der Waals surface area contributed by atoms with Gasteiger partial charge in [-0.2, -0.15) is 0 Å². The summed E-state index contributed by atoms with van der Waals surface area (Å²) in [6.07, 6.45) is 0. The van der Waals surface area contributed by atoms with Crippen LogP contribution in [0.5, 0.6) is 5.75 Å². The Hall–Kier alpha value is -4.04. The van der Waals surface area contributed by atoms with Crippen molar-refractivity contribution in [2.24, 2.45) is 0 Å². The third-order valence-electron chi connectivity index (χ3n) is 5.94. The summed E-state index contributed by atoms with van der Waals surface area (Å²) in [4.78, 5) is 33.6. The van der Waals surface area contributed by atoms with Crippen LogP contribution in [0.25, 0.3) is 33.4 Å². The van der Waals surface area contributed by atoms with Gasteiger partial charge in [0.1, 0.15) is 12.4 Å². The molecule has 8 heteroatoms. The zero-order valence-corrected chi connectivity index (χ0v) is 22.6. The summed E-state index contributed by atoms with van der Waals surface area (Å²) < 4.78 is 20.6. The van der Waals surface area contributed by atoms with E-state index in [2.05, 4.69) is 22.3 Å². The van der Waals surface area contributed by atoms with Crippen LogP contribution in [0.3, 0.4) is 0 Å². The molecule has 1 aromatic heterocycles. The third-order valence-corrected chi connectivity index (χ3v) is 5.94. The second-order valence-electron chi connectivity index (χ2n) is 10.6. The van der Waals surface area contributed by atoms with Crippen LogP contribution in [-0.4, -0.2) is 47.1 Å². The number of halogens is 1. The minimum Gasteiger partial charge on any atom is -0.494 e. The summed E-state index contributed by atoms with van der Waals surface area (Å²) in [6.45, 7) is 6.16. The number of carbonyl (C=O) groups excluding carboxylic acids is 1. The lowest BCUT2D eigenvalue weighted by molar-refractivity contribution is -0.123. The molecule has 0 aliphatic rings. The SMILES string of the molecule is COc1cc(-c2nc3ccc(-c4cccc(CN(C)C)c4)cc3c(=O)n2CC(=O)NC(C)(C)C)ccc1F. The monoisotopic (exact) mass is 516 g/mol. The van der Waals surface area contributed by atoms with Gasteiger partial charge in [0.25, 0.3) is 5.56 Å². The van der Waals surface area contributed by atoms with Gasteiger partial charge in [-0.1, -0.05) is 24.3 Å². The zero-order valence-electron chi connectivity index (χ0n) is 22.6. The average molecular weight is 517 g/mol. The molecule has 0 saturated heterocycles. The molecule has 3 aromatic carbocycles. The van der Waals surface area contributed by atoms with Gasteiger partial charge >= 0.3 is 0 Å². The fourth-order valence-electron chi connectivity index (χ4n) is 4.38. The highest BCUT2D eigenvalue weighted by atomic mass is 19.1. The van der Waals surface area contributed by atoms with Crippen molar-refractivity contribution in [2.45, 2.75) is 39.4 Å². The highest BCUT2D eigenvalue weighted by Gasteiger charge is 2.20. The van der Waals surface area contributed by atoms with Crippen molar-refractivity contribution in [1.29, 1.82) is 0 Å². The number of nitrogens with zero attached hydrogens (tertiary/aromatic N) is 3. The molecule has 0 atom stereocenters. The number of fused-ring (bicyclic) bond motifs is 1. The summed E-state index contributed by atoms with van der Waals surface area (Å²) >= 11 is 0. The quantitative estimate of drug-likeness (QED) is 0.380. The van der Waals surface area contributed by atoms with Gasteiger partial charge in [-0.15, -0.1) is 0 Å². The molecule has 7 nitrogen and oxygen atoms in total. The molecular formula is C30H33FN4O3. The number of ether oxygens (including phenoxy) is 1. The molecule has 4 rings (SSSR count). The number of methoxy groups -OCH3 is 1. The first-order valence-corrected chi connectivity index (χ1v) is 12.4. The van der Waals surface area contributed by atoms with Gasteiger partial charge in [-0.25, -0.2) is 9.37 Å². The average Bonchev–Trinajstić information content (AvgIpc) is 2.84. The molecular weight excluding hydrogens is 483 g/mol. The Kier molecular flexibility index (Phi) is 7.64. The molecule has 1 N–H and O–H groups in total. The first-order valence-electron chi connectivity index (χ1n) is 12.4. The van der Waals surface area contributed by atoms with Crippen LogP contribution in [0.1, 0.15) is 26.3 Å². The summed E-state index contributed by atoms with van der Waals surface area (Å²) in [6, 6.07) is 18.0. The predicted octanol–water partition coefficient (Wildman–Crippen LogP) is 4.85. The minimum atomic E-state index is -0.530. The van der Waals surface area contributed by atoms with E-state index >= 15 is 0 Å². The van der Waals surface area contributed by atoms with Gasteiger partial charge in [0, 0.05) is 17.6 Å². The summed E-state index contributed by atoms with van der Waals surface area (Å²) in [7, 11) is 5.40. The molecule has 0 radical (unpaired) electrons. The lowest BCUT2D eigenvalue weighted by Gasteiger charge is -2.22. The number of carbonyl (C=O) groups is 1. The molecule has 0 spiro atoms. The molecule has 1 amide bonds. The molecule has 0 bridgehead atoms.